The quantitative estimate of drug-likeness (QED) is 0.332. The van der Waals surface area contributed by atoms with E-state index in [0.29, 0.717) is 25.5 Å². The molecule has 0 radical (unpaired) electrons. The van der Waals surface area contributed by atoms with Crippen LogP contribution in [0.15, 0.2) is 48.5 Å². The van der Waals surface area contributed by atoms with Gasteiger partial charge in [0.2, 0.25) is 5.91 Å². The third-order valence-corrected chi connectivity index (χ3v) is 10.3. The Bertz CT molecular complexity index is 1370. The number of nitrogens with zero attached hydrogens (tertiary/aromatic N) is 1. The van der Waals surface area contributed by atoms with Crippen molar-refractivity contribution in [1.29, 1.82) is 0 Å². The fourth-order valence-corrected chi connectivity index (χ4v) is 7.44. The van der Waals surface area contributed by atoms with Crippen molar-refractivity contribution in [3.05, 3.63) is 65.2 Å². The Hall–Kier alpha value is -3.32. The molecule has 0 aromatic heterocycles. The monoisotopic (exact) mass is 655 g/mol. The first kappa shape index (κ1) is 34.0. The van der Waals surface area contributed by atoms with E-state index in [9.17, 15) is 19.5 Å². The third-order valence-electron chi connectivity index (χ3n) is 8.89. The van der Waals surface area contributed by atoms with Gasteiger partial charge in [-0.25, -0.2) is 4.79 Å². The summed E-state index contributed by atoms with van der Waals surface area (Å²) in [5, 5.41) is 17.3. The van der Waals surface area contributed by atoms with E-state index in [1.807, 2.05) is 64.1 Å². The average molecular weight is 656 g/mol. The molecule has 0 aliphatic carbocycles. The van der Waals surface area contributed by atoms with Crippen LogP contribution in [0.4, 0.5) is 4.79 Å². The number of hydrogen-bond acceptors (Lipinski definition) is 9. The van der Waals surface area contributed by atoms with Crippen LogP contribution in [0.5, 0.6) is 5.75 Å². The van der Waals surface area contributed by atoms with E-state index in [2.05, 4.69) is 10.6 Å². The van der Waals surface area contributed by atoms with E-state index in [4.69, 9.17) is 18.9 Å². The summed E-state index contributed by atoms with van der Waals surface area (Å²) in [6, 6.07) is 13.2. The summed E-state index contributed by atoms with van der Waals surface area (Å²) < 4.78 is 22.0. The molecule has 250 valence electrons. The second kappa shape index (κ2) is 15.1. The van der Waals surface area contributed by atoms with E-state index in [1.54, 1.807) is 12.1 Å². The van der Waals surface area contributed by atoms with Crippen LogP contribution in [0.1, 0.15) is 50.3 Å². The SMILES string of the molecule is CCOc1ccc(C[C@H](NC(=O)O[C@@H]2CO[C@@H]3OCCC[C@@H]32)[C@H](O)C(=O)N2CSC(C)(C)[C@H]2C(=O)NCc2ccccc2C)cc1. The average Bonchev–Trinajstić information content (AvgIpc) is 3.60. The topological polar surface area (TPSA) is 136 Å². The Balaban J connectivity index is 1.31. The van der Waals surface area contributed by atoms with Crippen molar-refractivity contribution in [2.24, 2.45) is 5.92 Å². The normalized spacial score (nSPS) is 24.8. The second-order valence-electron chi connectivity index (χ2n) is 12.5. The molecule has 3 amide bonds. The molecule has 0 spiro atoms. The van der Waals surface area contributed by atoms with Crippen molar-refractivity contribution >= 4 is 29.7 Å². The predicted octanol–water partition coefficient (Wildman–Crippen LogP) is 3.54. The van der Waals surface area contributed by atoms with Gasteiger partial charge in [0.15, 0.2) is 12.4 Å². The highest BCUT2D eigenvalue weighted by Crippen LogP contribution is 2.40. The Morgan fingerprint density at radius 1 is 1.13 bits per heavy atom. The van der Waals surface area contributed by atoms with Crippen molar-refractivity contribution in [1.82, 2.24) is 15.5 Å². The molecule has 0 unspecified atom stereocenters. The number of fused-ring (bicyclic) bond motifs is 1. The van der Waals surface area contributed by atoms with E-state index in [1.165, 1.54) is 16.7 Å². The largest absolute Gasteiger partial charge is 0.494 e. The lowest BCUT2D eigenvalue weighted by molar-refractivity contribution is -0.152. The number of alkyl carbamates (subject to hydrolysis) is 1. The smallest absolute Gasteiger partial charge is 0.407 e. The number of nitrogens with one attached hydrogen (secondary N) is 2. The van der Waals surface area contributed by atoms with Crippen LogP contribution in [-0.2, 0) is 36.8 Å². The Kier molecular flexibility index (Phi) is 11.1. The zero-order chi connectivity index (χ0) is 32.8. The maximum Gasteiger partial charge on any atom is 0.407 e. The van der Waals surface area contributed by atoms with Crippen molar-refractivity contribution < 1.29 is 38.4 Å². The zero-order valence-electron chi connectivity index (χ0n) is 26.9. The lowest BCUT2D eigenvalue weighted by Gasteiger charge is -2.33. The molecule has 3 aliphatic heterocycles. The molecule has 11 nitrogen and oxygen atoms in total. The molecule has 46 heavy (non-hydrogen) atoms. The summed E-state index contributed by atoms with van der Waals surface area (Å²) >= 11 is 1.46. The van der Waals surface area contributed by atoms with Gasteiger partial charge in [-0.2, -0.15) is 0 Å². The Labute approximate surface area is 274 Å². The van der Waals surface area contributed by atoms with Crippen LogP contribution in [0.25, 0.3) is 0 Å². The first-order valence-electron chi connectivity index (χ1n) is 15.9. The number of carbonyl (C=O) groups is 3. The molecule has 3 heterocycles. The molecule has 2 aromatic carbocycles. The maximum absolute atomic E-state index is 14.0. The van der Waals surface area contributed by atoms with Crippen LogP contribution >= 0.6 is 11.8 Å². The highest BCUT2D eigenvalue weighted by molar-refractivity contribution is 8.00. The summed E-state index contributed by atoms with van der Waals surface area (Å²) in [6.45, 7) is 9.35. The van der Waals surface area contributed by atoms with Gasteiger partial charge >= 0.3 is 6.09 Å². The van der Waals surface area contributed by atoms with Gasteiger partial charge in [-0.3, -0.25) is 9.59 Å². The van der Waals surface area contributed by atoms with Gasteiger partial charge in [0.1, 0.15) is 17.9 Å². The number of aliphatic hydroxyl groups is 1. The first-order chi connectivity index (χ1) is 22.1. The lowest BCUT2D eigenvalue weighted by atomic mass is 9.96. The van der Waals surface area contributed by atoms with Gasteiger partial charge in [0.25, 0.3) is 5.91 Å². The molecule has 3 aliphatic rings. The minimum atomic E-state index is -1.65. The van der Waals surface area contributed by atoms with Crippen LogP contribution in [-0.4, -0.2) is 88.9 Å². The number of benzene rings is 2. The summed E-state index contributed by atoms with van der Waals surface area (Å²) in [5.41, 5.74) is 2.81. The number of amides is 3. The van der Waals surface area contributed by atoms with Crippen LogP contribution < -0.4 is 15.4 Å². The molecule has 3 fully saturated rings. The summed E-state index contributed by atoms with van der Waals surface area (Å²) in [5.74, 6) is -0.116. The van der Waals surface area contributed by atoms with Crippen LogP contribution in [0.2, 0.25) is 0 Å². The predicted molar refractivity (Wildman–Crippen MR) is 173 cm³/mol. The van der Waals surface area contributed by atoms with E-state index in [0.717, 1.165) is 29.5 Å². The molecule has 12 heteroatoms. The summed E-state index contributed by atoms with van der Waals surface area (Å²) in [7, 11) is 0. The van der Waals surface area contributed by atoms with Gasteiger partial charge in [-0.05, 0) is 75.8 Å². The number of thioether (sulfide) groups is 1. The zero-order valence-corrected chi connectivity index (χ0v) is 27.7. The van der Waals surface area contributed by atoms with Crippen molar-refractivity contribution in [2.45, 2.75) is 88.8 Å². The van der Waals surface area contributed by atoms with Crippen LogP contribution in [0, 0.1) is 12.8 Å². The molecular weight excluding hydrogens is 610 g/mol. The standard InChI is InChI=1S/C34H45N3O8S/c1-5-42-24-14-12-22(13-15-24)17-26(36-33(41)45-27-19-44-32-25(27)11-8-16-43-32)28(38)31(40)37-20-46-34(3,4)29(37)30(39)35-18-23-10-7-6-9-21(23)2/h6-7,9-10,12-15,25-29,32,38H,5,8,11,16-20H2,1-4H3,(H,35,39)(H,36,41)/t25-,26+,27-,28+,29-,32+/m1/s1. The number of carbonyl (C=O) groups excluding carboxylic acids is 3. The van der Waals surface area contributed by atoms with Crippen molar-refractivity contribution in [2.75, 3.05) is 25.7 Å². The first-order valence-corrected chi connectivity index (χ1v) is 16.9. The summed E-state index contributed by atoms with van der Waals surface area (Å²) in [4.78, 5) is 42.2. The third kappa shape index (κ3) is 7.96. The van der Waals surface area contributed by atoms with E-state index in [-0.39, 0.29) is 30.7 Å². The molecule has 2 aromatic rings. The van der Waals surface area contributed by atoms with Gasteiger partial charge < -0.3 is 39.6 Å². The molecule has 6 atom stereocenters. The summed E-state index contributed by atoms with van der Waals surface area (Å²) in [6.07, 6.45) is -1.50. The van der Waals surface area contributed by atoms with Gasteiger partial charge in [0.05, 0.1) is 25.1 Å². The minimum Gasteiger partial charge on any atom is -0.494 e. The molecular formula is C34H45N3O8S. The molecule has 3 saturated heterocycles. The van der Waals surface area contributed by atoms with Crippen molar-refractivity contribution in [3.8, 4) is 5.75 Å². The number of aliphatic hydroxyl groups excluding tert-OH is 1. The number of aryl methyl sites for hydroxylation is 1. The van der Waals surface area contributed by atoms with Gasteiger partial charge in [-0.1, -0.05) is 36.4 Å². The highest BCUT2D eigenvalue weighted by Gasteiger charge is 2.50. The molecule has 5 rings (SSSR count). The van der Waals surface area contributed by atoms with Gasteiger partial charge in [0, 0.05) is 23.8 Å². The number of rotatable bonds is 11. The van der Waals surface area contributed by atoms with Crippen LogP contribution in [0.3, 0.4) is 0 Å². The number of hydrogen-bond donors (Lipinski definition) is 3. The Morgan fingerprint density at radius 3 is 2.63 bits per heavy atom. The van der Waals surface area contributed by atoms with Gasteiger partial charge in [-0.15, -0.1) is 11.8 Å². The lowest BCUT2D eigenvalue weighted by Crippen LogP contribution is -2.58. The fraction of sp³-hybridized carbons (Fsp3) is 0.559. The fourth-order valence-electron chi connectivity index (χ4n) is 6.29. The molecule has 0 bridgehead atoms. The minimum absolute atomic E-state index is 0.0709. The highest BCUT2D eigenvalue weighted by atomic mass is 32.2. The molecule has 0 saturated carbocycles. The van der Waals surface area contributed by atoms with E-state index < -0.39 is 47.3 Å². The Morgan fingerprint density at radius 2 is 1.89 bits per heavy atom. The second-order valence-corrected chi connectivity index (χ2v) is 14.1. The molecule has 3 N–H and O–H groups in total. The van der Waals surface area contributed by atoms with E-state index >= 15 is 0 Å². The van der Waals surface area contributed by atoms with Crippen molar-refractivity contribution in [3.63, 3.8) is 0 Å². The number of ether oxygens (including phenoxy) is 4. The maximum atomic E-state index is 14.0.